The van der Waals surface area contributed by atoms with Crippen molar-refractivity contribution in [3.05, 3.63) is 30.1 Å². The van der Waals surface area contributed by atoms with E-state index in [0.717, 1.165) is 25.0 Å². The van der Waals surface area contributed by atoms with Crippen LogP contribution in [-0.2, 0) is 9.59 Å². The van der Waals surface area contributed by atoms with E-state index in [2.05, 4.69) is 4.98 Å². The Labute approximate surface area is 148 Å². The number of carbonyl (C=O) groups is 2. The molecule has 6 heteroatoms. The molecule has 6 nitrogen and oxygen atoms in total. The Hall–Kier alpha value is -1.95. The Kier molecular flexibility index (Phi) is 5.37. The van der Waals surface area contributed by atoms with E-state index >= 15 is 0 Å². The molecular formula is C19H27N3O3. The summed E-state index contributed by atoms with van der Waals surface area (Å²) in [6.07, 6.45) is 5.39. The smallest absolute Gasteiger partial charge is 0.225 e. The van der Waals surface area contributed by atoms with Crippen LogP contribution < -0.4 is 0 Å². The third-order valence-electron chi connectivity index (χ3n) is 5.70. The Bertz CT molecular complexity index is 614. The molecule has 0 aromatic carbocycles. The van der Waals surface area contributed by atoms with Gasteiger partial charge in [-0.25, -0.2) is 0 Å². The number of nitrogens with zero attached hydrogens (tertiary/aromatic N) is 3. The van der Waals surface area contributed by atoms with Crippen LogP contribution in [0.25, 0.3) is 0 Å². The fraction of sp³-hybridized carbons (Fsp3) is 0.632. The summed E-state index contributed by atoms with van der Waals surface area (Å²) in [7, 11) is 0. The zero-order chi connectivity index (χ0) is 17.9. The van der Waals surface area contributed by atoms with E-state index in [-0.39, 0.29) is 24.8 Å². The lowest BCUT2D eigenvalue weighted by atomic mass is 9.89. The van der Waals surface area contributed by atoms with E-state index in [1.54, 1.807) is 4.90 Å². The highest BCUT2D eigenvalue weighted by Gasteiger charge is 2.44. The molecule has 2 amide bonds. The number of aliphatic hydroxyl groups is 1. The van der Waals surface area contributed by atoms with Gasteiger partial charge in [-0.3, -0.25) is 14.6 Å². The Morgan fingerprint density at radius 3 is 2.64 bits per heavy atom. The summed E-state index contributed by atoms with van der Waals surface area (Å²) in [6, 6.07) is 5.96. The number of amides is 2. The molecule has 1 atom stereocenters. The normalized spacial score (nSPS) is 24.6. The Morgan fingerprint density at radius 1 is 1.28 bits per heavy atom. The summed E-state index contributed by atoms with van der Waals surface area (Å²) in [4.78, 5) is 32.6. The van der Waals surface area contributed by atoms with Crippen LogP contribution in [0.4, 0.5) is 0 Å². The molecule has 3 heterocycles. The lowest BCUT2D eigenvalue weighted by molar-refractivity contribution is -0.141. The molecular weight excluding hydrogens is 318 g/mol. The van der Waals surface area contributed by atoms with Crippen molar-refractivity contribution in [2.45, 2.75) is 50.5 Å². The molecule has 2 aliphatic rings. The fourth-order valence-electron chi connectivity index (χ4n) is 4.27. The maximum atomic E-state index is 12.8. The lowest BCUT2D eigenvalue weighted by Gasteiger charge is -2.39. The van der Waals surface area contributed by atoms with Crippen molar-refractivity contribution in [3.8, 4) is 0 Å². The monoisotopic (exact) mass is 345 g/mol. The van der Waals surface area contributed by atoms with E-state index in [9.17, 15) is 14.7 Å². The second kappa shape index (κ2) is 7.52. The van der Waals surface area contributed by atoms with Crippen LogP contribution in [0.3, 0.4) is 0 Å². The van der Waals surface area contributed by atoms with Gasteiger partial charge in [0.2, 0.25) is 11.8 Å². The molecule has 0 spiro atoms. The highest BCUT2D eigenvalue weighted by Crippen LogP contribution is 2.34. The van der Waals surface area contributed by atoms with Crippen LogP contribution in [0.2, 0.25) is 0 Å². The molecule has 1 aromatic rings. The minimum Gasteiger partial charge on any atom is -0.394 e. The number of aliphatic hydroxyl groups excluding tert-OH is 1. The highest BCUT2D eigenvalue weighted by atomic mass is 16.3. The molecule has 2 saturated heterocycles. The van der Waals surface area contributed by atoms with Crippen molar-refractivity contribution in [2.75, 3.05) is 26.2 Å². The first-order valence-electron chi connectivity index (χ1n) is 9.13. The standard InChI is InChI=1S/C19H27N3O3/c1-15(24)22-10-4-8-19(22,14-23)13-18(25)21-11-6-16(7-12-21)17-5-2-3-9-20-17/h2-3,5,9,16,23H,4,6-8,10-14H2,1H3/t19-/m1/s1. The maximum Gasteiger partial charge on any atom is 0.225 e. The molecule has 3 rings (SSSR count). The molecule has 1 N–H and O–H groups in total. The van der Waals surface area contributed by atoms with E-state index in [1.807, 2.05) is 29.3 Å². The minimum absolute atomic E-state index is 0.0432. The highest BCUT2D eigenvalue weighted by molar-refractivity contribution is 5.80. The van der Waals surface area contributed by atoms with Crippen molar-refractivity contribution < 1.29 is 14.7 Å². The van der Waals surface area contributed by atoms with E-state index < -0.39 is 5.54 Å². The molecule has 0 unspecified atom stereocenters. The number of likely N-dealkylation sites (tertiary alicyclic amines) is 2. The van der Waals surface area contributed by atoms with Crippen LogP contribution >= 0.6 is 0 Å². The summed E-state index contributed by atoms with van der Waals surface area (Å²) in [6.45, 7) is 3.41. The number of aromatic nitrogens is 1. The predicted molar refractivity (Wildman–Crippen MR) is 93.8 cm³/mol. The average Bonchev–Trinajstić information content (AvgIpc) is 3.07. The van der Waals surface area contributed by atoms with Crippen molar-refractivity contribution in [1.82, 2.24) is 14.8 Å². The van der Waals surface area contributed by atoms with Crippen LogP contribution in [0.15, 0.2) is 24.4 Å². The molecule has 0 bridgehead atoms. The van der Waals surface area contributed by atoms with Crippen molar-refractivity contribution in [1.29, 1.82) is 0 Å². The van der Waals surface area contributed by atoms with Gasteiger partial charge in [0.15, 0.2) is 0 Å². The van der Waals surface area contributed by atoms with E-state index in [1.165, 1.54) is 6.92 Å². The first-order chi connectivity index (χ1) is 12.1. The van der Waals surface area contributed by atoms with Gasteiger partial charge in [-0.1, -0.05) is 6.07 Å². The van der Waals surface area contributed by atoms with Crippen LogP contribution in [0.5, 0.6) is 0 Å². The van der Waals surface area contributed by atoms with Crippen LogP contribution in [0.1, 0.15) is 50.6 Å². The van der Waals surface area contributed by atoms with Crippen LogP contribution in [0, 0.1) is 0 Å². The number of rotatable bonds is 4. The van der Waals surface area contributed by atoms with E-state index in [0.29, 0.717) is 32.0 Å². The quantitative estimate of drug-likeness (QED) is 0.898. The van der Waals surface area contributed by atoms with Gasteiger partial charge in [-0.2, -0.15) is 0 Å². The average molecular weight is 345 g/mol. The summed E-state index contributed by atoms with van der Waals surface area (Å²) in [5.41, 5.74) is 0.390. The van der Waals surface area contributed by atoms with Gasteiger partial charge < -0.3 is 14.9 Å². The SMILES string of the molecule is CC(=O)N1CCC[C@]1(CO)CC(=O)N1CCC(c2ccccn2)CC1. The third-order valence-corrected chi connectivity index (χ3v) is 5.70. The molecule has 0 radical (unpaired) electrons. The molecule has 2 fully saturated rings. The van der Waals surface area contributed by atoms with Gasteiger partial charge in [0.25, 0.3) is 0 Å². The molecule has 0 saturated carbocycles. The third kappa shape index (κ3) is 3.68. The first kappa shape index (κ1) is 17.9. The summed E-state index contributed by atoms with van der Waals surface area (Å²) in [5.74, 6) is 0.382. The van der Waals surface area contributed by atoms with Gasteiger partial charge in [0, 0.05) is 44.4 Å². The zero-order valence-electron chi connectivity index (χ0n) is 14.9. The second-order valence-electron chi connectivity index (χ2n) is 7.24. The number of carbonyl (C=O) groups excluding carboxylic acids is 2. The zero-order valence-corrected chi connectivity index (χ0v) is 14.9. The van der Waals surface area contributed by atoms with Crippen molar-refractivity contribution in [3.63, 3.8) is 0 Å². The van der Waals surface area contributed by atoms with Crippen molar-refractivity contribution >= 4 is 11.8 Å². The summed E-state index contributed by atoms with van der Waals surface area (Å²) >= 11 is 0. The summed E-state index contributed by atoms with van der Waals surface area (Å²) < 4.78 is 0. The summed E-state index contributed by atoms with van der Waals surface area (Å²) in [5, 5.41) is 9.90. The second-order valence-corrected chi connectivity index (χ2v) is 7.24. The van der Waals surface area contributed by atoms with Gasteiger partial charge in [-0.15, -0.1) is 0 Å². The fourth-order valence-corrected chi connectivity index (χ4v) is 4.27. The van der Waals surface area contributed by atoms with Gasteiger partial charge in [0.05, 0.1) is 18.6 Å². The van der Waals surface area contributed by atoms with Gasteiger partial charge >= 0.3 is 0 Å². The predicted octanol–water partition coefficient (Wildman–Crippen LogP) is 1.55. The Morgan fingerprint density at radius 2 is 2.04 bits per heavy atom. The minimum atomic E-state index is -0.708. The topological polar surface area (TPSA) is 73.7 Å². The number of pyridine rings is 1. The number of hydrogen-bond donors (Lipinski definition) is 1. The molecule has 25 heavy (non-hydrogen) atoms. The van der Waals surface area contributed by atoms with Gasteiger partial charge in [-0.05, 0) is 37.8 Å². The maximum absolute atomic E-state index is 12.8. The van der Waals surface area contributed by atoms with Crippen LogP contribution in [-0.4, -0.2) is 63.5 Å². The first-order valence-corrected chi connectivity index (χ1v) is 9.13. The number of piperidine rings is 1. The lowest BCUT2D eigenvalue weighted by Crippen LogP contribution is -2.53. The Balaban J connectivity index is 1.60. The molecule has 1 aromatic heterocycles. The van der Waals surface area contributed by atoms with Crippen molar-refractivity contribution in [2.24, 2.45) is 0 Å². The molecule has 2 aliphatic heterocycles. The number of hydrogen-bond acceptors (Lipinski definition) is 4. The van der Waals surface area contributed by atoms with E-state index in [4.69, 9.17) is 0 Å². The van der Waals surface area contributed by atoms with Gasteiger partial charge in [0.1, 0.15) is 0 Å². The molecule has 0 aliphatic carbocycles. The molecule has 136 valence electrons. The largest absolute Gasteiger partial charge is 0.394 e.